The lowest BCUT2D eigenvalue weighted by atomic mass is 9.70. The van der Waals surface area contributed by atoms with E-state index in [0.717, 1.165) is 5.52 Å². The molecule has 1 N–H and O–H groups in total. The summed E-state index contributed by atoms with van der Waals surface area (Å²) in [5.41, 5.74) is 1.95. The van der Waals surface area contributed by atoms with Crippen molar-refractivity contribution in [2.24, 2.45) is 0 Å². The molecule has 0 spiro atoms. The number of hydrogen-bond acceptors (Lipinski definition) is 7. The minimum Gasteiger partial charge on any atom is -0.378 e. The zero-order valence-corrected chi connectivity index (χ0v) is 21.2. The molecule has 8 nitrogen and oxygen atoms in total. The van der Waals surface area contributed by atoms with Crippen molar-refractivity contribution in [3.63, 3.8) is 0 Å². The Labute approximate surface area is 210 Å². The van der Waals surface area contributed by atoms with Crippen molar-refractivity contribution in [1.82, 2.24) is 24.5 Å². The van der Waals surface area contributed by atoms with Crippen molar-refractivity contribution in [2.45, 2.75) is 45.3 Å². The normalized spacial score (nSPS) is 14.9. The highest BCUT2D eigenvalue weighted by atomic mass is 19.1. The quantitative estimate of drug-likeness (QED) is 0.404. The Kier molecular flexibility index (Phi) is 6.34. The van der Waals surface area contributed by atoms with Crippen LogP contribution in [0.25, 0.3) is 17.0 Å². The second kappa shape index (κ2) is 9.46. The average Bonchev–Trinajstić information content (AvgIpc) is 3.28. The summed E-state index contributed by atoms with van der Waals surface area (Å²) in [7, 11) is 0. The zero-order valence-electron chi connectivity index (χ0n) is 21.2. The summed E-state index contributed by atoms with van der Waals surface area (Å²) >= 11 is 0. The van der Waals surface area contributed by atoms with Crippen LogP contribution >= 0.6 is 0 Å². The number of ether oxygens (including phenoxy) is 1. The summed E-state index contributed by atoms with van der Waals surface area (Å²) in [5.74, 6) is 1.55. The molecule has 2 aromatic heterocycles. The van der Waals surface area contributed by atoms with Crippen LogP contribution in [0.4, 0.5) is 16.3 Å². The number of hydrogen-bond donors (Lipinski definition) is 1. The molecule has 188 valence electrons. The molecule has 0 unspecified atom stereocenters. The molecule has 2 aromatic carbocycles. The number of rotatable bonds is 7. The molecule has 0 radical (unpaired) electrons. The molecule has 0 atom stereocenters. The van der Waals surface area contributed by atoms with Crippen LogP contribution in [-0.2, 0) is 16.8 Å². The van der Waals surface area contributed by atoms with Gasteiger partial charge < -0.3 is 15.0 Å². The number of aromatic nitrogens is 5. The topological polar surface area (TPSA) is 81.0 Å². The first kappa shape index (κ1) is 24.1. The van der Waals surface area contributed by atoms with E-state index >= 15 is 0 Å². The lowest BCUT2D eigenvalue weighted by Crippen LogP contribution is -2.49. The van der Waals surface area contributed by atoms with Crippen LogP contribution in [0.15, 0.2) is 54.6 Å². The smallest absolute Gasteiger partial charge is 0.242 e. The molecule has 1 saturated heterocycles. The van der Waals surface area contributed by atoms with Gasteiger partial charge in [0.25, 0.3) is 0 Å². The first-order valence-corrected chi connectivity index (χ1v) is 12.3. The number of morpholine rings is 1. The van der Waals surface area contributed by atoms with Crippen molar-refractivity contribution in [1.29, 1.82) is 0 Å². The number of benzene rings is 2. The Balaban J connectivity index is 1.61. The second-order valence-electron chi connectivity index (χ2n) is 10.1. The van der Waals surface area contributed by atoms with Gasteiger partial charge in [0.1, 0.15) is 12.5 Å². The zero-order chi connectivity index (χ0) is 25.3. The number of halogens is 1. The summed E-state index contributed by atoms with van der Waals surface area (Å²) in [6, 6.07) is 17.9. The van der Waals surface area contributed by atoms with E-state index in [4.69, 9.17) is 19.7 Å². The third kappa shape index (κ3) is 4.39. The third-order valence-electron chi connectivity index (χ3n) is 7.34. The van der Waals surface area contributed by atoms with Gasteiger partial charge in [-0.2, -0.15) is 15.0 Å². The monoisotopic (exact) mass is 489 g/mol. The maximum Gasteiger partial charge on any atom is 0.242 e. The first-order valence-electron chi connectivity index (χ1n) is 12.3. The molecule has 3 heterocycles. The van der Waals surface area contributed by atoms with Gasteiger partial charge in [0.15, 0.2) is 0 Å². The minimum absolute atomic E-state index is 0.255. The van der Waals surface area contributed by atoms with Gasteiger partial charge in [-0.3, -0.25) is 4.57 Å². The Morgan fingerprint density at radius 3 is 2.25 bits per heavy atom. The molecule has 0 bridgehead atoms. The van der Waals surface area contributed by atoms with Crippen LogP contribution in [0, 0.1) is 0 Å². The molecule has 0 saturated carbocycles. The first-order chi connectivity index (χ1) is 17.3. The van der Waals surface area contributed by atoms with Gasteiger partial charge in [0, 0.05) is 24.0 Å². The van der Waals surface area contributed by atoms with E-state index in [1.54, 1.807) is 4.57 Å². The fourth-order valence-corrected chi connectivity index (χ4v) is 4.45. The fourth-order valence-electron chi connectivity index (χ4n) is 4.45. The summed E-state index contributed by atoms with van der Waals surface area (Å²) < 4.78 is 21.3. The van der Waals surface area contributed by atoms with Gasteiger partial charge in [-0.05, 0) is 31.5 Å². The fraction of sp³-hybridized carbons (Fsp3) is 0.407. The summed E-state index contributed by atoms with van der Waals surface area (Å²) in [5, 5.41) is 3.58. The number of anilines is 2. The Hall–Kier alpha value is -3.59. The third-order valence-corrected chi connectivity index (χ3v) is 7.34. The number of nitrogens with zero attached hydrogens (tertiary/aromatic N) is 6. The van der Waals surface area contributed by atoms with Gasteiger partial charge in [-0.25, -0.2) is 9.37 Å². The largest absolute Gasteiger partial charge is 0.378 e. The predicted octanol–water partition coefficient (Wildman–Crippen LogP) is 4.68. The van der Waals surface area contributed by atoms with Gasteiger partial charge in [-0.1, -0.05) is 56.3 Å². The molecule has 1 fully saturated rings. The lowest BCUT2D eigenvalue weighted by molar-refractivity contribution is 0.122. The van der Waals surface area contributed by atoms with E-state index < -0.39 is 12.2 Å². The molecule has 1 aliphatic rings. The molecule has 1 aliphatic heterocycles. The Morgan fingerprint density at radius 1 is 0.861 bits per heavy atom. The molecule has 36 heavy (non-hydrogen) atoms. The van der Waals surface area contributed by atoms with E-state index in [0.29, 0.717) is 49.7 Å². The highest BCUT2D eigenvalue weighted by molar-refractivity contribution is 5.77. The summed E-state index contributed by atoms with van der Waals surface area (Å²) in [6.07, 6.45) is 0. The van der Waals surface area contributed by atoms with Gasteiger partial charge in [0.05, 0.1) is 24.2 Å². The van der Waals surface area contributed by atoms with E-state index in [9.17, 15) is 4.39 Å². The predicted molar refractivity (Wildman–Crippen MR) is 139 cm³/mol. The second-order valence-corrected chi connectivity index (χ2v) is 10.1. The van der Waals surface area contributed by atoms with Crippen LogP contribution in [0.2, 0.25) is 0 Å². The van der Waals surface area contributed by atoms with Crippen molar-refractivity contribution in [3.8, 4) is 5.95 Å². The van der Waals surface area contributed by atoms with E-state index in [2.05, 4.69) is 55.0 Å². The minimum atomic E-state index is -0.734. The highest BCUT2D eigenvalue weighted by Crippen LogP contribution is 2.37. The molecule has 4 aromatic rings. The molecule has 0 aliphatic carbocycles. The van der Waals surface area contributed by atoms with Gasteiger partial charge >= 0.3 is 0 Å². The molecule has 9 heteroatoms. The van der Waals surface area contributed by atoms with Gasteiger partial charge in [-0.15, -0.1) is 0 Å². The summed E-state index contributed by atoms with van der Waals surface area (Å²) in [4.78, 5) is 20.9. The van der Waals surface area contributed by atoms with Crippen molar-refractivity contribution >= 4 is 22.9 Å². The van der Waals surface area contributed by atoms with Crippen molar-refractivity contribution < 1.29 is 9.13 Å². The van der Waals surface area contributed by atoms with Crippen molar-refractivity contribution in [3.05, 3.63) is 66.0 Å². The number of fused-ring (bicyclic) bond motifs is 1. The van der Waals surface area contributed by atoms with Gasteiger partial charge in [0.2, 0.25) is 17.8 Å². The van der Waals surface area contributed by atoms with Crippen LogP contribution in [0.3, 0.4) is 0 Å². The Morgan fingerprint density at radius 2 is 1.53 bits per heavy atom. The van der Waals surface area contributed by atoms with Crippen LogP contribution in [0.1, 0.15) is 39.1 Å². The van der Waals surface area contributed by atoms with E-state index in [-0.39, 0.29) is 11.2 Å². The van der Waals surface area contributed by atoms with Crippen LogP contribution < -0.4 is 10.2 Å². The highest BCUT2D eigenvalue weighted by Gasteiger charge is 2.39. The maximum absolute atomic E-state index is 14.1. The van der Waals surface area contributed by atoms with Crippen LogP contribution in [-0.4, -0.2) is 56.3 Å². The number of imidazole rings is 1. The molecular formula is C27H32FN7O. The SMILES string of the molecule is CC(C)(Nc1nc(N2CCOCC2)nc(-n2c(CF)nc3ccccc32)n1)C(C)(C)c1ccccc1. The standard InChI is InChI=1S/C27H32FN7O/c1-26(2,19-10-6-5-7-11-19)27(3,4)33-23-30-24(34-14-16-36-17-15-34)32-25(31-23)35-21-13-9-8-12-20(21)29-22(35)18-28/h5-13H,14-18H2,1-4H3,(H,30,31,32,33). The van der Waals surface area contributed by atoms with Crippen molar-refractivity contribution in [2.75, 3.05) is 36.5 Å². The molecule has 0 amide bonds. The van der Waals surface area contributed by atoms with Crippen LogP contribution in [0.5, 0.6) is 0 Å². The Bertz CT molecular complexity index is 1350. The number of nitrogens with one attached hydrogen (secondary N) is 1. The number of alkyl halides is 1. The number of para-hydroxylation sites is 2. The molecule has 5 rings (SSSR count). The maximum atomic E-state index is 14.1. The van der Waals surface area contributed by atoms with E-state index in [1.807, 2.05) is 42.5 Å². The average molecular weight is 490 g/mol. The van der Waals surface area contributed by atoms with E-state index in [1.165, 1.54) is 5.56 Å². The molecular weight excluding hydrogens is 457 g/mol. The lowest BCUT2D eigenvalue weighted by Gasteiger charge is -2.43. The summed E-state index contributed by atoms with van der Waals surface area (Å²) in [6.45, 7) is 10.5.